The van der Waals surface area contributed by atoms with Crippen LogP contribution in [-0.4, -0.2) is 50.3 Å². The van der Waals surface area contributed by atoms with E-state index in [1.165, 1.54) is 48.3 Å². The highest BCUT2D eigenvalue weighted by atomic mass is 35.5. The molecular formula is C19H17ClF3N5O3S. The predicted octanol–water partition coefficient (Wildman–Crippen LogP) is 3.50. The minimum absolute atomic E-state index is 0.0176. The Morgan fingerprint density at radius 1 is 1.19 bits per heavy atom. The number of imidazole rings is 1. The fraction of sp³-hybridized carbons (Fsp3) is 0.316. The van der Waals surface area contributed by atoms with Crippen molar-refractivity contribution in [3.63, 3.8) is 0 Å². The Morgan fingerprint density at radius 2 is 1.91 bits per heavy atom. The second-order valence-electron chi connectivity index (χ2n) is 7.29. The van der Waals surface area contributed by atoms with Crippen molar-refractivity contribution in [2.75, 3.05) is 6.26 Å². The van der Waals surface area contributed by atoms with Crippen molar-refractivity contribution >= 4 is 43.4 Å². The first-order chi connectivity index (χ1) is 14.9. The SMILES string of the molecule is CCC(O)(n1c(Cn2nc(S(C)(=O)=O)c3ccncc32)nc2cc(Cl)ccc21)C(F)(F)F. The fourth-order valence-electron chi connectivity index (χ4n) is 3.63. The van der Waals surface area contributed by atoms with E-state index < -0.39 is 28.2 Å². The van der Waals surface area contributed by atoms with Gasteiger partial charge < -0.3 is 5.11 Å². The first kappa shape index (κ1) is 22.5. The van der Waals surface area contributed by atoms with E-state index in [1.54, 1.807) is 0 Å². The highest BCUT2D eigenvalue weighted by molar-refractivity contribution is 7.90. The Balaban J connectivity index is 1.99. The molecule has 13 heteroatoms. The molecule has 0 aliphatic rings. The number of rotatable bonds is 5. The number of halogens is 4. The van der Waals surface area contributed by atoms with Crippen LogP contribution in [0, 0.1) is 0 Å². The lowest BCUT2D eigenvalue weighted by molar-refractivity contribution is -0.299. The van der Waals surface area contributed by atoms with Gasteiger partial charge in [-0.25, -0.2) is 13.4 Å². The average Bonchev–Trinajstić information content (AvgIpc) is 3.25. The van der Waals surface area contributed by atoms with E-state index in [4.69, 9.17) is 11.6 Å². The molecule has 8 nitrogen and oxygen atoms in total. The molecule has 0 bridgehead atoms. The van der Waals surface area contributed by atoms with Crippen molar-refractivity contribution in [3.05, 3.63) is 47.5 Å². The van der Waals surface area contributed by atoms with Crippen LogP contribution in [0.4, 0.5) is 13.2 Å². The fourth-order valence-corrected chi connectivity index (χ4v) is 4.61. The molecule has 0 aliphatic carbocycles. The number of hydrogen-bond acceptors (Lipinski definition) is 6. The van der Waals surface area contributed by atoms with E-state index in [9.17, 15) is 26.7 Å². The van der Waals surface area contributed by atoms with Crippen LogP contribution in [0.2, 0.25) is 5.02 Å². The van der Waals surface area contributed by atoms with Crippen LogP contribution in [0.5, 0.6) is 0 Å². The summed E-state index contributed by atoms with van der Waals surface area (Å²) in [5.74, 6) is -0.183. The maximum absolute atomic E-state index is 14.0. The largest absolute Gasteiger partial charge is 0.436 e. The van der Waals surface area contributed by atoms with Crippen molar-refractivity contribution in [1.29, 1.82) is 0 Å². The molecule has 0 amide bonds. The summed E-state index contributed by atoms with van der Waals surface area (Å²) >= 11 is 5.98. The number of sulfone groups is 1. The Labute approximate surface area is 185 Å². The van der Waals surface area contributed by atoms with Crippen molar-refractivity contribution in [2.45, 2.75) is 36.8 Å². The second-order valence-corrected chi connectivity index (χ2v) is 9.66. The van der Waals surface area contributed by atoms with Gasteiger partial charge in [0.2, 0.25) is 5.72 Å². The third-order valence-electron chi connectivity index (χ3n) is 5.17. The number of pyridine rings is 1. The molecule has 1 N–H and O–H groups in total. The van der Waals surface area contributed by atoms with Crippen LogP contribution in [0.1, 0.15) is 19.2 Å². The number of hydrogen-bond donors (Lipinski definition) is 1. The quantitative estimate of drug-likeness (QED) is 0.462. The van der Waals surface area contributed by atoms with Gasteiger partial charge in [-0.2, -0.15) is 18.3 Å². The van der Waals surface area contributed by atoms with E-state index in [0.717, 1.165) is 6.26 Å². The van der Waals surface area contributed by atoms with Crippen LogP contribution in [0.15, 0.2) is 41.7 Å². The minimum Gasteiger partial charge on any atom is -0.363 e. The number of alkyl halides is 3. The summed E-state index contributed by atoms with van der Waals surface area (Å²) in [6.07, 6.45) is -1.98. The number of benzene rings is 1. The molecule has 4 aromatic rings. The summed E-state index contributed by atoms with van der Waals surface area (Å²) in [5.41, 5.74) is -2.81. The van der Waals surface area contributed by atoms with Gasteiger partial charge in [0.15, 0.2) is 14.9 Å². The molecule has 3 heterocycles. The molecule has 1 unspecified atom stereocenters. The van der Waals surface area contributed by atoms with E-state index in [2.05, 4.69) is 15.1 Å². The minimum atomic E-state index is -5.02. The maximum atomic E-state index is 14.0. The first-order valence-electron chi connectivity index (χ1n) is 9.34. The average molecular weight is 488 g/mol. The Morgan fingerprint density at radius 3 is 2.53 bits per heavy atom. The van der Waals surface area contributed by atoms with E-state index in [-0.39, 0.29) is 44.4 Å². The van der Waals surface area contributed by atoms with Crippen LogP contribution in [0.3, 0.4) is 0 Å². The summed E-state index contributed by atoms with van der Waals surface area (Å²) in [6.45, 7) is 0.844. The van der Waals surface area contributed by atoms with Gasteiger partial charge in [0.1, 0.15) is 5.82 Å². The van der Waals surface area contributed by atoms with Gasteiger partial charge in [-0.1, -0.05) is 18.5 Å². The predicted molar refractivity (Wildman–Crippen MR) is 111 cm³/mol. The summed E-state index contributed by atoms with van der Waals surface area (Å²) in [6, 6.07) is 5.57. The Bertz CT molecular complexity index is 1450. The van der Waals surface area contributed by atoms with Gasteiger partial charge >= 0.3 is 6.18 Å². The number of fused-ring (bicyclic) bond motifs is 2. The Hall–Kier alpha value is -2.70. The smallest absolute Gasteiger partial charge is 0.363 e. The summed E-state index contributed by atoms with van der Waals surface area (Å²) in [7, 11) is -3.73. The lowest BCUT2D eigenvalue weighted by Gasteiger charge is -2.32. The van der Waals surface area contributed by atoms with Gasteiger partial charge in [-0.3, -0.25) is 14.2 Å². The molecule has 0 aliphatic heterocycles. The molecule has 1 aromatic carbocycles. The number of aromatic nitrogens is 5. The van der Waals surface area contributed by atoms with Crippen molar-refractivity contribution in [3.8, 4) is 0 Å². The molecule has 0 saturated carbocycles. The Kier molecular flexibility index (Phi) is 5.22. The van der Waals surface area contributed by atoms with Crippen molar-refractivity contribution in [1.82, 2.24) is 24.3 Å². The zero-order chi connectivity index (χ0) is 23.5. The van der Waals surface area contributed by atoms with Gasteiger partial charge in [-0.15, -0.1) is 0 Å². The zero-order valence-corrected chi connectivity index (χ0v) is 18.4. The van der Waals surface area contributed by atoms with Crippen molar-refractivity contribution < 1.29 is 26.7 Å². The second kappa shape index (κ2) is 7.42. The van der Waals surface area contributed by atoms with Gasteiger partial charge in [0.05, 0.1) is 29.3 Å². The molecular weight excluding hydrogens is 471 g/mol. The molecule has 0 radical (unpaired) electrons. The number of aliphatic hydroxyl groups is 1. The van der Waals surface area contributed by atoms with Gasteiger partial charge in [-0.05, 0) is 24.3 Å². The third-order valence-corrected chi connectivity index (χ3v) is 6.40. The lowest BCUT2D eigenvalue weighted by Crippen LogP contribution is -2.48. The molecule has 32 heavy (non-hydrogen) atoms. The van der Waals surface area contributed by atoms with E-state index in [0.29, 0.717) is 4.57 Å². The molecule has 3 aromatic heterocycles. The summed E-state index contributed by atoms with van der Waals surface area (Å²) in [5, 5.41) is 15.1. The summed E-state index contributed by atoms with van der Waals surface area (Å²) < 4.78 is 68.2. The van der Waals surface area contributed by atoms with Crippen LogP contribution < -0.4 is 0 Å². The molecule has 1 atom stereocenters. The van der Waals surface area contributed by atoms with Crippen molar-refractivity contribution in [2.24, 2.45) is 0 Å². The topological polar surface area (TPSA) is 103 Å². The highest BCUT2D eigenvalue weighted by Crippen LogP contribution is 2.41. The van der Waals surface area contributed by atoms with Crippen LogP contribution in [0.25, 0.3) is 21.9 Å². The number of nitrogens with zero attached hydrogens (tertiary/aromatic N) is 5. The molecule has 0 saturated heterocycles. The molecule has 4 rings (SSSR count). The van der Waals surface area contributed by atoms with Gasteiger partial charge in [0.25, 0.3) is 0 Å². The maximum Gasteiger partial charge on any atom is 0.436 e. The standard InChI is InChI=1S/C19H17ClF3N5O3S/c1-3-18(29,19(21,22)23)28-14-5-4-11(20)8-13(14)25-16(28)10-27-15-9-24-7-6-12(15)17(26-27)32(2,30)31/h4-9,29H,3,10H2,1-2H3. The first-order valence-corrected chi connectivity index (χ1v) is 11.6. The highest BCUT2D eigenvalue weighted by Gasteiger charge is 2.55. The van der Waals surface area contributed by atoms with E-state index >= 15 is 0 Å². The zero-order valence-electron chi connectivity index (χ0n) is 16.8. The lowest BCUT2D eigenvalue weighted by atomic mass is 10.1. The third kappa shape index (κ3) is 3.51. The van der Waals surface area contributed by atoms with Crippen LogP contribution in [-0.2, 0) is 22.1 Å². The molecule has 170 valence electrons. The summed E-state index contributed by atoms with van der Waals surface area (Å²) in [4.78, 5) is 8.22. The molecule has 0 spiro atoms. The monoisotopic (exact) mass is 487 g/mol. The van der Waals surface area contributed by atoms with Crippen LogP contribution >= 0.6 is 11.6 Å². The van der Waals surface area contributed by atoms with E-state index in [1.807, 2.05) is 0 Å². The molecule has 0 fully saturated rings. The normalized spacial score (nSPS) is 14.8. The van der Waals surface area contributed by atoms with Gasteiger partial charge in [0, 0.05) is 29.3 Å².